The zero-order valence-corrected chi connectivity index (χ0v) is 46.0. The van der Waals surface area contributed by atoms with Gasteiger partial charge in [0, 0.05) is 21.7 Å². The summed E-state index contributed by atoms with van der Waals surface area (Å²) in [5.74, 6) is 0. The summed E-state index contributed by atoms with van der Waals surface area (Å²) < 4.78 is 0. The minimum Gasteiger partial charge on any atom is -0.0642 e. The molecule has 0 heteroatoms. The predicted molar refractivity (Wildman–Crippen MR) is 325 cm³/mol. The fourth-order valence-electron chi connectivity index (χ4n) is 16.0. The molecule has 0 aliphatic heterocycles. The van der Waals surface area contributed by atoms with Crippen LogP contribution in [0.1, 0.15) is 137 Å². The highest BCUT2D eigenvalue weighted by molar-refractivity contribution is 5.92. The van der Waals surface area contributed by atoms with Gasteiger partial charge in [-0.15, -0.1) is 0 Å². The molecular weight excluding hydrogens is 925 g/mol. The molecule has 5 aliphatic rings. The number of rotatable bonds is 8. The third-order valence-electron chi connectivity index (χ3n) is 20.5. The van der Waals surface area contributed by atoms with E-state index >= 15 is 0 Å². The molecule has 5 aliphatic carbocycles. The molecule has 374 valence electrons. The number of benzene rings is 10. The van der Waals surface area contributed by atoms with Crippen LogP contribution in [0.2, 0.25) is 0 Å². The Kier molecular flexibility index (Phi) is 9.88. The molecule has 0 fully saturated rings. The van der Waals surface area contributed by atoms with Crippen LogP contribution in [-0.4, -0.2) is 0 Å². The second kappa shape index (κ2) is 16.4. The third-order valence-corrected chi connectivity index (χ3v) is 20.5. The van der Waals surface area contributed by atoms with E-state index in [4.69, 9.17) is 0 Å². The summed E-state index contributed by atoms with van der Waals surface area (Å²) in [6.07, 6.45) is 5.38. The van der Waals surface area contributed by atoms with Gasteiger partial charge < -0.3 is 0 Å². The lowest BCUT2D eigenvalue weighted by atomic mass is 9.73. The number of hydrogen-bond acceptors (Lipinski definition) is 0. The molecule has 0 spiro atoms. The summed E-state index contributed by atoms with van der Waals surface area (Å²) in [5, 5.41) is 0. The van der Waals surface area contributed by atoms with Gasteiger partial charge in [0.1, 0.15) is 0 Å². The Bertz CT molecular complexity index is 4180. The second-order valence-corrected chi connectivity index (χ2v) is 24.4. The van der Waals surface area contributed by atoms with E-state index in [1.807, 2.05) is 0 Å². The van der Waals surface area contributed by atoms with Crippen LogP contribution in [0.4, 0.5) is 0 Å². The fourth-order valence-corrected chi connectivity index (χ4v) is 16.0. The molecule has 0 bridgehead atoms. The fraction of sp³-hybridized carbons (Fsp3) is 0.221. The lowest BCUT2D eigenvalue weighted by molar-refractivity contribution is 0.490. The summed E-state index contributed by atoms with van der Waals surface area (Å²) in [4.78, 5) is 0. The number of fused-ring (bicyclic) bond motifs is 15. The quantitative estimate of drug-likeness (QED) is 0.142. The van der Waals surface area contributed by atoms with Crippen LogP contribution in [0, 0.1) is 0 Å². The van der Waals surface area contributed by atoms with Crippen LogP contribution in [0.5, 0.6) is 0 Å². The van der Waals surface area contributed by atoms with Gasteiger partial charge in [0.25, 0.3) is 0 Å². The first-order valence-corrected chi connectivity index (χ1v) is 28.8. The molecule has 0 unspecified atom stereocenters. The Hall–Kier alpha value is -7.80. The monoisotopic (exact) mass is 991 g/mol. The zero-order chi connectivity index (χ0) is 52.3. The number of hydrogen-bond donors (Lipinski definition) is 0. The van der Waals surface area contributed by atoms with Gasteiger partial charge in [-0.2, -0.15) is 0 Å². The van der Waals surface area contributed by atoms with Crippen molar-refractivity contribution in [2.75, 3.05) is 0 Å². The molecule has 77 heavy (non-hydrogen) atoms. The first kappa shape index (κ1) is 46.5. The van der Waals surface area contributed by atoms with Gasteiger partial charge >= 0.3 is 0 Å². The van der Waals surface area contributed by atoms with Crippen LogP contribution in [0.3, 0.4) is 0 Å². The van der Waals surface area contributed by atoms with E-state index in [-0.39, 0.29) is 21.7 Å². The van der Waals surface area contributed by atoms with Gasteiger partial charge in [0.05, 0.1) is 0 Å². The van der Waals surface area contributed by atoms with E-state index in [0.717, 1.165) is 32.1 Å². The minimum atomic E-state index is -0.151. The van der Waals surface area contributed by atoms with E-state index in [1.54, 1.807) is 0 Å². The van der Waals surface area contributed by atoms with Crippen LogP contribution in [-0.2, 0) is 28.1 Å². The minimum absolute atomic E-state index is 0.0585. The first-order chi connectivity index (χ1) is 37.4. The van der Waals surface area contributed by atoms with E-state index in [2.05, 4.69) is 250 Å². The third kappa shape index (κ3) is 6.28. The topological polar surface area (TPSA) is 0 Å². The van der Waals surface area contributed by atoms with E-state index in [0.29, 0.717) is 0 Å². The smallest absolute Gasteiger partial charge is 0.0210 e. The second-order valence-electron chi connectivity index (χ2n) is 24.4. The van der Waals surface area contributed by atoms with Crippen molar-refractivity contribution in [1.82, 2.24) is 0 Å². The van der Waals surface area contributed by atoms with Gasteiger partial charge in [-0.1, -0.05) is 207 Å². The average Bonchev–Trinajstić information content (AvgIpc) is 4.23. The van der Waals surface area contributed by atoms with E-state index < -0.39 is 0 Å². The molecule has 0 radical (unpaired) electrons. The van der Waals surface area contributed by atoms with Crippen molar-refractivity contribution in [3.8, 4) is 100 Å². The molecule has 0 N–H and O–H groups in total. The maximum atomic E-state index is 2.52. The lowest BCUT2D eigenvalue weighted by Crippen LogP contribution is -2.23. The predicted octanol–water partition coefficient (Wildman–Crippen LogP) is 20.7. The molecule has 0 atom stereocenters. The van der Waals surface area contributed by atoms with Gasteiger partial charge in [-0.05, 0) is 230 Å². The van der Waals surface area contributed by atoms with Crippen LogP contribution >= 0.6 is 0 Å². The largest absolute Gasteiger partial charge is 0.0642 e. The highest BCUT2D eigenvalue weighted by Crippen LogP contribution is 2.57. The average molecular weight is 991 g/mol. The summed E-state index contributed by atoms with van der Waals surface area (Å²) in [5.41, 5.74) is 38.5. The van der Waals surface area contributed by atoms with Crippen LogP contribution in [0.25, 0.3) is 100 Å². The molecule has 0 saturated carbocycles. The van der Waals surface area contributed by atoms with Crippen molar-refractivity contribution >= 4 is 0 Å². The Labute approximate surface area is 456 Å². The summed E-state index contributed by atoms with van der Waals surface area (Å²) in [6, 6.07) is 76.1. The molecule has 10 aromatic carbocycles. The van der Waals surface area contributed by atoms with Crippen molar-refractivity contribution in [2.45, 2.75) is 109 Å². The van der Waals surface area contributed by atoms with Crippen molar-refractivity contribution in [2.24, 2.45) is 0 Å². The Morgan fingerprint density at radius 2 is 0.532 bits per heavy atom. The highest BCUT2D eigenvalue weighted by atomic mass is 14.5. The first-order valence-electron chi connectivity index (χ1n) is 28.8. The van der Waals surface area contributed by atoms with Crippen molar-refractivity contribution in [3.63, 3.8) is 0 Å². The molecule has 0 heterocycles. The summed E-state index contributed by atoms with van der Waals surface area (Å²) >= 11 is 0. The standard InChI is InChI=1S/C77H66/c1-9-76(10-2)66-19-15-13-17-57(66)63-35-28-52(44-72(63)76)46-23-30-56-55(37-46)38-54-22-21-47(39-65(54)56)48-24-31-59-60-32-25-49(41-69(60)74(5,6)68(59)40-48)50-26-33-61-62-34-27-51(43-71(62)75(7,8)70(61)42-50)53-29-36-64-58-18-14-16-20-67(58)77(11-3,12-4)73(64)45-53/h13-37,39-45H,9-12,38H2,1-8H3. The van der Waals surface area contributed by atoms with Crippen LogP contribution in [0.15, 0.2) is 194 Å². The molecule has 0 amide bonds. The van der Waals surface area contributed by atoms with Gasteiger partial charge in [-0.3, -0.25) is 0 Å². The van der Waals surface area contributed by atoms with Gasteiger partial charge in [-0.25, -0.2) is 0 Å². The molecule has 15 rings (SSSR count). The Morgan fingerprint density at radius 1 is 0.247 bits per heavy atom. The Morgan fingerprint density at radius 3 is 0.909 bits per heavy atom. The van der Waals surface area contributed by atoms with Crippen LogP contribution < -0.4 is 0 Å². The van der Waals surface area contributed by atoms with E-state index in [9.17, 15) is 0 Å². The van der Waals surface area contributed by atoms with Crippen molar-refractivity contribution in [1.29, 1.82) is 0 Å². The van der Waals surface area contributed by atoms with E-state index in [1.165, 1.54) is 156 Å². The molecule has 0 nitrogen and oxygen atoms in total. The summed E-state index contributed by atoms with van der Waals surface area (Å²) in [6.45, 7) is 19.2. The zero-order valence-electron chi connectivity index (χ0n) is 46.0. The maximum Gasteiger partial charge on any atom is 0.0210 e. The summed E-state index contributed by atoms with van der Waals surface area (Å²) in [7, 11) is 0. The molecule has 0 saturated heterocycles. The van der Waals surface area contributed by atoms with Crippen molar-refractivity contribution in [3.05, 3.63) is 250 Å². The molecule has 0 aromatic heterocycles. The molecule has 10 aromatic rings. The lowest BCUT2D eigenvalue weighted by Gasteiger charge is -2.30. The Balaban J connectivity index is 0.703. The van der Waals surface area contributed by atoms with Gasteiger partial charge in [0.15, 0.2) is 0 Å². The maximum absolute atomic E-state index is 2.52. The molecular formula is C77H66. The van der Waals surface area contributed by atoms with Crippen molar-refractivity contribution < 1.29 is 0 Å². The normalized spacial score (nSPS) is 16.1. The van der Waals surface area contributed by atoms with Gasteiger partial charge in [0.2, 0.25) is 0 Å². The SMILES string of the molecule is CCC1(CC)c2ccccc2-c2ccc(-c3ccc4c(c3)Cc3ccc(-c5ccc6c(c5)C(C)(C)c5cc(-c7ccc8c(c7)C(C)(C)c7cc(-c9ccc%10c(c9)C(CC)(CC)c9ccccc9-%10)ccc7-8)ccc5-6)cc3-4)cc21. The highest BCUT2D eigenvalue weighted by Gasteiger charge is 2.43.